The molecular weight excluding hydrogens is 494 g/mol. The fourth-order valence-corrected chi connectivity index (χ4v) is 6.48. The summed E-state index contributed by atoms with van der Waals surface area (Å²) in [5.74, 6) is 0. The fraction of sp³-hybridized carbons (Fsp3) is 0.370. The Labute approximate surface area is 219 Å². The van der Waals surface area contributed by atoms with Crippen LogP contribution in [0, 0.1) is 6.92 Å². The summed E-state index contributed by atoms with van der Waals surface area (Å²) >= 11 is 8.14. The van der Waals surface area contributed by atoms with Gasteiger partial charge in [-0.15, -0.1) is 11.3 Å². The molecule has 0 amide bonds. The van der Waals surface area contributed by atoms with Crippen molar-refractivity contribution in [3.8, 4) is 11.1 Å². The molecule has 0 spiro atoms. The van der Waals surface area contributed by atoms with Crippen molar-refractivity contribution in [3.63, 3.8) is 0 Å². The molecule has 1 aliphatic heterocycles. The van der Waals surface area contributed by atoms with Crippen LogP contribution < -0.4 is 16.6 Å². The van der Waals surface area contributed by atoms with E-state index in [1.165, 1.54) is 27.0 Å². The van der Waals surface area contributed by atoms with Crippen LogP contribution in [0.25, 0.3) is 21.3 Å². The van der Waals surface area contributed by atoms with Gasteiger partial charge in [-0.25, -0.2) is 4.79 Å². The van der Waals surface area contributed by atoms with E-state index < -0.39 is 0 Å². The van der Waals surface area contributed by atoms with Gasteiger partial charge in [0.25, 0.3) is 5.56 Å². The Morgan fingerprint density at radius 3 is 2.58 bits per heavy atom. The summed E-state index contributed by atoms with van der Waals surface area (Å²) in [4.78, 5) is 33.0. The number of halogens is 1. The maximum absolute atomic E-state index is 12.6. The molecule has 4 heterocycles. The summed E-state index contributed by atoms with van der Waals surface area (Å²) in [6, 6.07) is 10.4. The quantitative estimate of drug-likeness (QED) is 0.428. The van der Waals surface area contributed by atoms with Crippen LogP contribution in [0.15, 0.2) is 52.3 Å². The lowest BCUT2D eigenvalue weighted by molar-refractivity contribution is 0.109. The number of benzene rings is 1. The summed E-state index contributed by atoms with van der Waals surface area (Å²) in [6.07, 6.45) is 3.31. The van der Waals surface area contributed by atoms with E-state index in [1.54, 1.807) is 18.4 Å². The predicted octanol–water partition coefficient (Wildman–Crippen LogP) is 4.02. The minimum absolute atomic E-state index is 0.212. The largest absolute Gasteiger partial charge is 0.331 e. The number of fused-ring (bicyclic) bond motifs is 1. The third-order valence-corrected chi connectivity index (χ3v) is 8.46. The zero-order valence-corrected chi connectivity index (χ0v) is 22.5. The Morgan fingerprint density at radius 2 is 1.83 bits per heavy atom. The number of piperazine rings is 1. The molecule has 1 N–H and O–H groups in total. The number of rotatable bonds is 5. The second-order valence-electron chi connectivity index (χ2n) is 9.70. The third kappa shape index (κ3) is 4.66. The minimum atomic E-state index is -0.333. The monoisotopic (exact) mass is 523 g/mol. The van der Waals surface area contributed by atoms with E-state index in [-0.39, 0.29) is 17.8 Å². The molecule has 3 aromatic heterocycles. The van der Waals surface area contributed by atoms with Crippen LogP contribution in [0.2, 0.25) is 5.02 Å². The van der Waals surface area contributed by atoms with Crippen LogP contribution in [0.4, 0.5) is 0 Å². The van der Waals surface area contributed by atoms with Crippen molar-refractivity contribution >= 4 is 33.2 Å². The molecule has 0 radical (unpaired) electrons. The van der Waals surface area contributed by atoms with Gasteiger partial charge in [0.05, 0.1) is 16.8 Å². The molecule has 9 heteroatoms. The van der Waals surface area contributed by atoms with Gasteiger partial charge in [0.2, 0.25) is 0 Å². The van der Waals surface area contributed by atoms with Crippen molar-refractivity contribution in [2.45, 2.75) is 45.9 Å². The van der Waals surface area contributed by atoms with Gasteiger partial charge in [-0.05, 0) is 61.7 Å². The molecule has 188 valence electrons. The molecule has 36 heavy (non-hydrogen) atoms. The molecule has 7 nitrogen and oxygen atoms in total. The van der Waals surface area contributed by atoms with Crippen molar-refractivity contribution in [1.29, 1.82) is 0 Å². The van der Waals surface area contributed by atoms with Gasteiger partial charge in [-0.1, -0.05) is 11.6 Å². The van der Waals surface area contributed by atoms with Crippen LogP contribution >= 0.6 is 22.9 Å². The average molecular weight is 524 g/mol. The molecule has 4 aromatic rings. The van der Waals surface area contributed by atoms with Crippen molar-refractivity contribution in [2.24, 2.45) is 7.05 Å². The third-order valence-electron chi connectivity index (χ3n) is 7.10. The molecule has 1 fully saturated rings. The Balaban J connectivity index is 1.60. The summed E-state index contributed by atoms with van der Waals surface area (Å²) < 4.78 is 3.70. The molecule has 1 unspecified atom stereocenters. The molecule has 1 aliphatic rings. The highest BCUT2D eigenvalue weighted by atomic mass is 35.5. The first-order chi connectivity index (χ1) is 17.2. The van der Waals surface area contributed by atoms with Crippen molar-refractivity contribution < 1.29 is 0 Å². The molecule has 1 aromatic carbocycles. The van der Waals surface area contributed by atoms with Gasteiger partial charge < -0.3 is 9.88 Å². The van der Waals surface area contributed by atoms with Gasteiger partial charge in [0, 0.05) is 72.7 Å². The first-order valence-corrected chi connectivity index (χ1v) is 13.3. The lowest BCUT2D eigenvalue weighted by Gasteiger charge is -2.40. The van der Waals surface area contributed by atoms with E-state index in [0.29, 0.717) is 17.1 Å². The van der Waals surface area contributed by atoms with Crippen molar-refractivity contribution in [3.05, 3.63) is 84.6 Å². The van der Waals surface area contributed by atoms with E-state index in [9.17, 15) is 9.59 Å². The number of aryl methyl sites for hydroxylation is 2. The smallest absolute Gasteiger partial charge is 0.314 e. The lowest BCUT2D eigenvalue weighted by atomic mass is 9.94. The molecule has 0 saturated carbocycles. The summed E-state index contributed by atoms with van der Waals surface area (Å²) in [6.45, 7) is 9.64. The average Bonchev–Trinajstić information content (AvgIpc) is 3.25. The highest BCUT2D eigenvalue weighted by Gasteiger charge is 2.26. The fourth-order valence-electron chi connectivity index (χ4n) is 5.08. The van der Waals surface area contributed by atoms with Crippen molar-refractivity contribution in [2.75, 3.05) is 13.1 Å². The van der Waals surface area contributed by atoms with Gasteiger partial charge in [0.1, 0.15) is 0 Å². The number of hydrogen-bond acceptors (Lipinski definition) is 6. The first-order valence-electron chi connectivity index (χ1n) is 12.1. The molecule has 0 bridgehead atoms. The van der Waals surface area contributed by atoms with Crippen molar-refractivity contribution in [1.82, 2.24) is 24.3 Å². The van der Waals surface area contributed by atoms with Crippen LogP contribution in [0.3, 0.4) is 0 Å². The topological polar surface area (TPSA) is 72.2 Å². The standard InChI is InChI=1S/C27H30ClN5O2S/c1-16-9-19(28)10-22(23(16)15-32-17(2)12-29-13-18(32)3)21-5-7-30-24-11-20(36-26(21)24)14-33-25(34)6-8-31(4)27(33)35/h5-11,17-18,29H,12-15H2,1-4H3/t17-,18?/m0/s1. The highest BCUT2D eigenvalue weighted by molar-refractivity contribution is 7.19. The van der Waals surface area contributed by atoms with Crippen LogP contribution in [0.5, 0.6) is 0 Å². The minimum Gasteiger partial charge on any atom is -0.314 e. The molecule has 2 atom stereocenters. The molecule has 5 rings (SSSR count). The van der Waals surface area contributed by atoms with Gasteiger partial charge in [0.15, 0.2) is 0 Å². The molecule has 0 aliphatic carbocycles. The predicted molar refractivity (Wildman–Crippen MR) is 147 cm³/mol. The second-order valence-corrected chi connectivity index (χ2v) is 11.3. The number of thiophene rings is 1. The number of nitrogens with zero attached hydrogens (tertiary/aromatic N) is 4. The van der Waals surface area contributed by atoms with E-state index >= 15 is 0 Å². The van der Waals surface area contributed by atoms with Crippen LogP contribution in [-0.4, -0.2) is 44.2 Å². The summed E-state index contributed by atoms with van der Waals surface area (Å²) in [7, 11) is 1.64. The Bertz CT molecular complexity index is 1550. The zero-order valence-electron chi connectivity index (χ0n) is 20.9. The summed E-state index contributed by atoms with van der Waals surface area (Å²) in [5.41, 5.74) is 4.80. The van der Waals surface area contributed by atoms with E-state index in [2.05, 4.69) is 36.0 Å². The normalized spacial score (nSPS) is 18.7. The van der Waals surface area contributed by atoms with Crippen LogP contribution in [-0.2, 0) is 20.1 Å². The maximum Gasteiger partial charge on any atom is 0.331 e. The number of aromatic nitrogens is 3. The summed E-state index contributed by atoms with van der Waals surface area (Å²) in [5, 5.41) is 4.21. The number of pyridine rings is 1. The Hall–Kier alpha value is -2.78. The zero-order chi connectivity index (χ0) is 25.6. The van der Waals surface area contributed by atoms with E-state index in [0.717, 1.165) is 51.4 Å². The highest BCUT2D eigenvalue weighted by Crippen LogP contribution is 2.38. The number of nitrogens with one attached hydrogen (secondary N) is 1. The van der Waals surface area contributed by atoms with E-state index in [1.807, 2.05) is 30.5 Å². The molecule has 1 saturated heterocycles. The van der Waals surface area contributed by atoms with Crippen LogP contribution in [0.1, 0.15) is 29.9 Å². The molecular formula is C27H30ClN5O2S. The van der Waals surface area contributed by atoms with E-state index in [4.69, 9.17) is 11.6 Å². The SMILES string of the molecule is Cc1cc(Cl)cc(-c2ccnc3cc(Cn4c(=O)ccn(C)c4=O)sc23)c1CN1C(C)CNC[C@@H]1C. The Morgan fingerprint density at radius 1 is 1.08 bits per heavy atom. The van der Waals surface area contributed by atoms with Gasteiger partial charge in [-0.3, -0.25) is 19.2 Å². The van der Waals surface area contributed by atoms with Gasteiger partial charge >= 0.3 is 5.69 Å². The first kappa shape index (κ1) is 24.9. The lowest BCUT2D eigenvalue weighted by Crippen LogP contribution is -2.54. The van der Waals surface area contributed by atoms with Gasteiger partial charge in [-0.2, -0.15) is 0 Å². The number of hydrogen-bond donors (Lipinski definition) is 1. The second kappa shape index (κ2) is 9.94. The maximum atomic E-state index is 12.6. The Kier molecular flexibility index (Phi) is 6.87.